The largest absolute Gasteiger partial charge is 0.459 e. The van der Waals surface area contributed by atoms with Crippen LogP contribution in [0.15, 0.2) is 52.1 Å². The molecular formula is C24H34IN5O2. The Morgan fingerprint density at radius 3 is 2.25 bits per heavy atom. The number of benzene rings is 1. The number of amides is 1. The number of piperazine rings is 1. The molecular weight excluding hydrogens is 517 g/mol. The van der Waals surface area contributed by atoms with Crippen LogP contribution in [0.2, 0.25) is 0 Å². The molecule has 2 saturated heterocycles. The van der Waals surface area contributed by atoms with Gasteiger partial charge in [-0.2, -0.15) is 0 Å². The first kappa shape index (κ1) is 24.6. The minimum Gasteiger partial charge on any atom is -0.459 e. The van der Waals surface area contributed by atoms with Gasteiger partial charge >= 0.3 is 0 Å². The van der Waals surface area contributed by atoms with Gasteiger partial charge in [0.05, 0.1) is 12.8 Å². The van der Waals surface area contributed by atoms with Gasteiger partial charge in [-0.25, -0.2) is 4.99 Å². The highest BCUT2D eigenvalue weighted by molar-refractivity contribution is 14.0. The second-order valence-electron chi connectivity index (χ2n) is 8.23. The topological polar surface area (TPSA) is 64.3 Å². The highest BCUT2D eigenvalue weighted by Crippen LogP contribution is 2.14. The molecule has 0 unspecified atom stereocenters. The lowest BCUT2D eigenvalue weighted by Crippen LogP contribution is -2.53. The number of aliphatic imine (C=N–C) groups is 1. The lowest BCUT2D eigenvalue weighted by Gasteiger charge is -2.36. The molecule has 0 atom stereocenters. The zero-order valence-electron chi connectivity index (χ0n) is 18.8. The number of halogens is 1. The average Bonchev–Trinajstić information content (AvgIpc) is 3.52. The molecule has 2 aromatic rings. The van der Waals surface area contributed by atoms with Crippen LogP contribution in [0.25, 0.3) is 0 Å². The van der Waals surface area contributed by atoms with E-state index in [0.717, 1.165) is 32.1 Å². The fourth-order valence-electron chi connectivity index (χ4n) is 4.22. The molecule has 0 spiro atoms. The van der Waals surface area contributed by atoms with Gasteiger partial charge in [-0.3, -0.25) is 9.69 Å². The first-order valence-electron chi connectivity index (χ1n) is 11.4. The summed E-state index contributed by atoms with van der Waals surface area (Å²) < 4.78 is 5.25. The van der Waals surface area contributed by atoms with Crippen LogP contribution in [-0.2, 0) is 13.1 Å². The Labute approximate surface area is 207 Å². The van der Waals surface area contributed by atoms with Gasteiger partial charge in [0.1, 0.15) is 0 Å². The lowest BCUT2D eigenvalue weighted by atomic mass is 10.1. The van der Waals surface area contributed by atoms with Crippen LogP contribution >= 0.6 is 24.0 Å². The Morgan fingerprint density at radius 1 is 0.969 bits per heavy atom. The molecule has 3 heterocycles. The third-order valence-electron chi connectivity index (χ3n) is 5.97. The Balaban J connectivity index is 0.00000289. The number of rotatable bonds is 6. The number of carbonyl (C=O) groups excluding carboxylic acids is 1. The van der Waals surface area contributed by atoms with Gasteiger partial charge in [-0.15, -0.1) is 24.0 Å². The fraction of sp³-hybridized carbons (Fsp3) is 0.500. The molecule has 0 radical (unpaired) electrons. The van der Waals surface area contributed by atoms with Crippen molar-refractivity contribution in [3.05, 3.63) is 59.5 Å². The zero-order chi connectivity index (χ0) is 21.5. The smallest absolute Gasteiger partial charge is 0.289 e. The van der Waals surface area contributed by atoms with Gasteiger partial charge in [0.2, 0.25) is 0 Å². The molecule has 0 aliphatic carbocycles. The third kappa shape index (κ3) is 6.48. The van der Waals surface area contributed by atoms with Crippen LogP contribution in [0.1, 0.15) is 41.4 Å². The molecule has 0 saturated carbocycles. The van der Waals surface area contributed by atoms with E-state index >= 15 is 0 Å². The van der Waals surface area contributed by atoms with E-state index < -0.39 is 0 Å². The first-order chi connectivity index (χ1) is 15.2. The highest BCUT2D eigenvalue weighted by atomic mass is 127. The maximum atomic E-state index is 12.5. The molecule has 2 fully saturated rings. The van der Waals surface area contributed by atoms with E-state index in [1.54, 1.807) is 18.4 Å². The monoisotopic (exact) mass is 551 g/mol. The minimum absolute atomic E-state index is 0. The van der Waals surface area contributed by atoms with Crippen molar-refractivity contribution in [2.24, 2.45) is 4.99 Å². The summed E-state index contributed by atoms with van der Waals surface area (Å²) in [6.07, 6.45) is 4.19. The Bertz CT molecular complexity index is 855. The molecule has 1 amide bonds. The summed E-state index contributed by atoms with van der Waals surface area (Å²) in [4.78, 5) is 23.9. The molecule has 174 valence electrons. The molecule has 8 heteroatoms. The Hall–Kier alpha value is -2.07. The van der Waals surface area contributed by atoms with Gasteiger partial charge in [0, 0.05) is 39.3 Å². The minimum atomic E-state index is -0.0411. The quantitative estimate of drug-likeness (QED) is 0.339. The van der Waals surface area contributed by atoms with Crippen LogP contribution in [0, 0.1) is 0 Å². The third-order valence-corrected chi connectivity index (χ3v) is 5.97. The predicted octanol–water partition coefficient (Wildman–Crippen LogP) is 3.42. The first-order valence-corrected chi connectivity index (χ1v) is 11.4. The van der Waals surface area contributed by atoms with E-state index in [9.17, 15) is 4.79 Å². The summed E-state index contributed by atoms with van der Waals surface area (Å²) in [6.45, 7) is 9.88. The molecule has 4 rings (SSSR count). The number of nitrogens with one attached hydrogen (secondary N) is 1. The van der Waals surface area contributed by atoms with Crippen molar-refractivity contribution in [2.75, 3.05) is 45.8 Å². The van der Waals surface area contributed by atoms with Crippen LogP contribution in [-0.4, -0.2) is 72.4 Å². The van der Waals surface area contributed by atoms with E-state index in [2.05, 4.69) is 46.3 Å². The molecule has 1 aromatic carbocycles. The number of likely N-dealkylation sites (tertiary alicyclic amines) is 1. The van der Waals surface area contributed by atoms with Crippen molar-refractivity contribution in [3.63, 3.8) is 0 Å². The van der Waals surface area contributed by atoms with Gasteiger partial charge < -0.3 is 19.5 Å². The normalized spacial score (nSPS) is 17.3. The standard InChI is InChI=1S/C24H33N5O2.HI/c1-2-25-24(29-15-13-28(14-16-29)23(30)22-6-5-17-31-22)26-18-20-7-9-21(10-8-20)19-27-11-3-4-12-27;/h5-10,17H,2-4,11-16,18-19H2,1H3,(H,25,26);1H. The Kier molecular flexibility index (Phi) is 9.40. The van der Waals surface area contributed by atoms with Crippen molar-refractivity contribution >= 4 is 35.8 Å². The second kappa shape index (κ2) is 12.2. The maximum Gasteiger partial charge on any atom is 0.289 e. The summed E-state index contributed by atoms with van der Waals surface area (Å²) >= 11 is 0. The molecule has 32 heavy (non-hydrogen) atoms. The summed E-state index contributed by atoms with van der Waals surface area (Å²) in [5.41, 5.74) is 2.59. The van der Waals surface area contributed by atoms with Crippen LogP contribution < -0.4 is 5.32 Å². The summed E-state index contributed by atoms with van der Waals surface area (Å²) in [5, 5.41) is 3.40. The molecule has 0 bridgehead atoms. The number of hydrogen-bond donors (Lipinski definition) is 1. The second-order valence-corrected chi connectivity index (χ2v) is 8.23. The van der Waals surface area contributed by atoms with Crippen molar-refractivity contribution in [1.29, 1.82) is 0 Å². The predicted molar refractivity (Wildman–Crippen MR) is 137 cm³/mol. The summed E-state index contributed by atoms with van der Waals surface area (Å²) in [5.74, 6) is 1.27. The van der Waals surface area contributed by atoms with Gasteiger partial charge in [-0.05, 0) is 56.1 Å². The number of carbonyl (C=O) groups is 1. The zero-order valence-corrected chi connectivity index (χ0v) is 21.2. The molecule has 1 N–H and O–H groups in total. The molecule has 1 aromatic heterocycles. The van der Waals surface area contributed by atoms with Crippen LogP contribution in [0.4, 0.5) is 0 Å². The van der Waals surface area contributed by atoms with Crippen LogP contribution in [0.5, 0.6) is 0 Å². The maximum absolute atomic E-state index is 12.5. The van der Waals surface area contributed by atoms with Crippen LogP contribution in [0.3, 0.4) is 0 Å². The lowest BCUT2D eigenvalue weighted by molar-refractivity contribution is 0.0657. The van der Waals surface area contributed by atoms with E-state index in [-0.39, 0.29) is 29.9 Å². The van der Waals surface area contributed by atoms with Crippen molar-refractivity contribution in [1.82, 2.24) is 20.0 Å². The molecule has 2 aliphatic rings. The molecule has 2 aliphatic heterocycles. The van der Waals surface area contributed by atoms with Gasteiger partial charge in [0.15, 0.2) is 11.7 Å². The SMILES string of the molecule is CCNC(=NCc1ccc(CN2CCCC2)cc1)N1CCN(C(=O)c2ccco2)CC1.I. The van der Waals surface area contributed by atoms with E-state index in [0.29, 0.717) is 25.4 Å². The Morgan fingerprint density at radius 2 is 1.62 bits per heavy atom. The van der Waals surface area contributed by atoms with Crippen molar-refractivity contribution in [2.45, 2.75) is 32.9 Å². The van der Waals surface area contributed by atoms with E-state index in [1.807, 2.05) is 4.90 Å². The highest BCUT2D eigenvalue weighted by Gasteiger charge is 2.25. The number of guanidine groups is 1. The van der Waals surface area contributed by atoms with Crippen molar-refractivity contribution < 1.29 is 9.21 Å². The van der Waals surface area contributed by atoms with E-state index in [4.69, 9.17) is 9.41 Å². The summed E-state index contributed by atoms with van der Waals surface area (Å²) in [6, 6.07) is 12.3. The number of furan rings is 1. The van der Waals surface area contributed by atoms with Gasteiger partial charge in [-0.1, -0.05) is 24.3 Å². The van der Waals surface area contributed by atoms with E-state index in [1.165, 1.54) is 37.1 Å². The van der Waals surface area contributed by atoms with Gasteiger partial charge in [0.25, 0.3) is 5.91 Å². The summed E-state index contributed by atoms with van der Waals surface area (Å²) in [7, 11) is 0. The fourth-order valence-corrected chi connectivity index (χ4v) is 4.22. The average molecular weight is 551 g/mol. The molecule has 7 nitrogen and oxygen atoms in total. The van der Waals surface area contributed by atoms with Crippen molar-refractivity contribution in [3.8, 4) is 0 Å². The number of hydrogen-bond acceptors (Lipinski definition) is 4. The number of nitrogens with zero attached hydrogens (tertiary/aromatic N) is 4.